The highest BCUT2D eigenvalue weighted by Crippen LogP contribution is 2.32. The Morgan fingerprint density at radius 2 is 2.15 bits per heavy atom. The van der Waals surface area contributed by atoms with E-state index in [2.05, 4.69) is 4.90 Å². The highest BCUT2D eigenvalue weighted by atomic mass is 35.5. The highest BCUT2D eigenvalue weighted by molar-refractivity contribution is 6.31. The highest BCUT2D eigenvalue weighted by Gasteiger charge is 2.18. The predicted molar refractivity (Wildman–Crippen MR) is 75.6 cm³/mol. The summed E-state index contributed by atoms with van der Waals surface area (Å²) in [6.07, 6.45) is 0. The van der Waals surface area contributed by atoms with Crippen molar-refractivity contribution in [2.75, 3.05) is 39.5 Å². The van der Waals surface area contributed by atoms with E-state index in [1.807, 2.05) is 0 Å². The lowest BCUT2D eigenvalue weighted by Gasteiger charge is -2.26. The molecule has 1 aromatic rings. The molecule has 1 fully saturated rings. The van der Waals surface area contributed by atoms with E-state index in [9.17, 15) is 10.1 Å². The predicted octanol–water partition coefficient (Wildman–Crippen LogP) is 2.27. The van der Waals surface area contributed by atoms with E-state index in [1.54, 1.807) is 6.92 Å². The average Bonchev–Trinajstić information content (AvgIpc) is 2.43. The number of nitrogens with zero attached hydrogens (tertiary/aromatic N) is 2. The Morgan fingerprint density at radius 1 is 1.45 bits per heavy atom. The fraction of sp³-hybridized carbons (Fsp3) is 0.538. The van der Waals surface area contributed by atoms with Crippen LogP contribution in [0.2, 0.25) is 5.02 Å². The molecule has 0 atom stereocenters. The second-order valence-electron chi connectivity index (χ2n) is 4.63. The van der Waals surface area contributed by atoms with Crippen LogP contribution in [0, 0.1) is 17.0 Å². The first-order chi connectivity index (χ1) is 9.58. The van der Waals surface area contributed by atoms with Gasteiger partial charge in [-0.2, -0.15) is 0 Å². The third-order valence-electron chi connectivity index (χ3n) is 3.21. The zero-order valence-electron chi connectivity index (χ0n) is 11.3. The number of morpholine rings is 1. The fourth-order valence-corrected chi connectivity index (χ4v) is 2.17. The molecular formula is C13H17ClN2O4. The number of hydrogen-bond acceptors (Lipinski definition) is 5. The van der Waals surface area contributed by atoms with E-state index >= 15 is 0 Å². The Bertz CT molecular complexity index is 490. The molecule has 0 aromatic heterocycles. The number of halogens is 1. The van der Waals surface area contributed by atoms with Gasteiger partial charge < -0.3 is 9.47 Å². The van der Waals surface area contributed by atoms with Crippen molar-refractivity contribution in [1.82, 2.24) is 4.90 Å². The maximum Gasteiger partial charge on any atom is 0.311 e. The van der Waals surface area contributed by atoms with E-state index in [-0.39, 0.29) is 11.4 Å². The van der Waals surface area contributed by atoms with Gasteiger partial charge in [-0.1, -0.05) is 11.6 Å². The van der Waals surface area contributed by atoms with Crippen molar-refractivity contribution in [3.8, 4) is 5.75 Å². The summed E-state index contributed by atoms with van der Waals surface area (Å²) in [5, 5.41) is 11.5. The van der Waals surface area contributed by atoms with Gasteiger partial charge in [0, 0.05) is 36.8 Å². The van der Waals surface area contributed by atoms with Gasteiger partial charge in [-0.3, -0.25) is 15.0 Å². The molecule has 0 bridgehead atoms. The van der Waals surface area contributed by atoms with Crippen LogP contribution in [0.1, 0.15) is 5.56 Å². The molecule has 0 radical (unpaired) electrons. The number of nitro benzene ring substituents is 1. The fourth-order valence-electron chi connectivity index (χ4n) is 2.02. The molecular weight excluding hydrogens is 284 g/mol. The molecule has 110 valence electrons. The largest absolute Gasteiger partial charge is 0.485 e. The molecule has 0 unspecified atom stereocenters. The standard InChI is InChI=1S/C13H17ClN2O4/c1-10-8-12(16(17)18)13(9-11(10)14)20-7-4-15-2-5-19-6-3-15/h8-9H,2-7H2,1H3. The van der Waals surface area contributed by atoms with Crippen molar-refractivity contribution in [3.63, 3.8) is 0 Å². The maximum absolute atomic E-state index is 11.0. The number of hydrogen-bond donors (Lipinski definition) is 0. The third kappa shape index (κ3) is 3.82. The second kappa shape index (κ2) is 6.88. The quantitative estimate of drug-likeness (QED) is 0.616. The van der Waals surface area contributed by atoms with Crippen molar-refractivity contribution in [1.29, 1.82) is 0 Å². The van der Waals surface area contributed by atoms with Crippen LogP contribution >= 0.6 is 11.6 Å². The molecule has 1 aliphatic rings. The molecule has 0 N–H and O–H groups in total. The van der Waals surface area contributed by atoms with Gasteiger partial charge in [0.1, 0.15) is 6.61 Å². The molecule has 2 rings (SSSR count). The van der Waals surface area contributed by atoms with Gasteiger partial charge in [0.25, 0.3) is 0 Å². The first-order valence-corrected chi connectivity index (χ1v) is 6.83. The van der Waals surface area contributed by atoms with E-state index in [4.69, 9.17) is 21.1 Å². The van der Waals surface area contributed by atoms with Gasteiger partial charge in [-0.05, 0) is 12.5 Å². The van der Waals surface area contributed by atoms with Gasteiger partial charge >= 0.3 is 5.69 Å². The molecule has 1 heterocycles. The molecule has 0 spiro atoms. The summed E-state index contributed by atoms with van der Waals surface area (Å²) in [4.78, 5) is 12.8. The molecule has 1 aromatic carbocycles. The topological polar surface area (TPSA) is 64.8 Å². The molecule has 1 saturated heterocycles. The lowest BCUT2D eigenvalue weighted by atomic mass is 10.2. The Labute approximate surface area is 122 Å². The molecule has 0 aliphatic carbocycles. The van der Waals surface area contributed by atoms with Gasteiger partial charge in [-0.15, -0.1) is 0 Å². The van der Waals surface area contributed by atoms with Crippen LogP contribution in [0.3, 0.4) is 0 Å². The van der Waals surface area contributed by atoms with Crippen LogP contribution in [-0.2, 0) is 4.74 Å². The second-order valence-corrected chi connectivity index (χ2v) is 5.04. The maximum atomic E-state index is 11.0. The Balaban J connectivity index is 1.97. The minimum Gasteiger partial charge on any atom is -0.485 e. The Morgan fingerprint density at radius 3 is 2.80 bits per heavy atom. The van der Waals surface area contributed by atoms with E-state index in [0.29, 0.717) is 23.7 Å². The summed E-state index contributed by atoms with van der Waals surface area (Å²) < 4.78 is 10.8. The van der Waals surface area contributed by atoms with E-state index in [0.717, 1.165) is 26.3 Å². The number of ether oxygens (including phenoxy) is 2. The summed E-state index contributed by atoms with van der Waals surface area (Å²) in [5.41, 5.74) is 0.618. The Kier molecular flexibility index (Phi) is 5.17. The minimum absolute atomic E-state index is 0.0473. The summed E-state index contributed by atoms with van der Waals surface area (Å²) in [6, 6.07) is 2.95. The molecule has 0 amide bonds. The molecule has 20 heavy (non-hydrogen) atoms. The van der Waals surface area contributed by atoms with Crippen molar-refractivity contribution < 1.29 is 14.4 Å². The smallest absolute Gasteiger partial charge is 0.311 e. The number of nitro groups is 1. The molecule has 7 heteroatoms. The van der Waals surface area contributed by atoms with Crippen LogP contribution in [0.15, 0.2) is 12.1 Å². The van der Waals surface area contributed by atoms with Crippen LogP contribution in [0.5, 0.6) is 5.75 Å². The molecule has 0 saturated carbocycles. The summed E-state index contributed by atoms with van der Waals surface area (Å²) >= 11 is 5.99. The number of aryl methyl sites for hydroxylation is 1. The van der Waals surface area contributed by atoms with Crippen molar-refractivity contribution in [2.45, 2.75) is 6.92 Å². The first kappa shape index (κ1) is 15.0. The van der Waals surface area contributed by atoms with E-state index in [1.165, 1.54) is 12.1 Å². The van der Waals surface area contributed by atoms with Gasteiger partial charge in [0.05, 0.1) is 18.1 Å². The summed E-state index contributed by atoms with van der Waals surface area (Å²) in [5.74, 6) is 0.221. The van der Waals surface area contributed by atoms with Crippen LogP contribution in [-0.4, -0.2) is 49.3 Å². The monoisotopic (exact) mass is 300 g/mol. The van der Waals surface area contributed by atoms with Crippen molar-refractivity contribution >= 4 is 17.3 Å². The van der Waals surface area contributed by atoms with Gasteiger partial charge in [0.2, 0.25) is 0 Å². The minimum atomic E-state index is -0.451. The van der Waals surface area contributed by atoms with Gasteiger partial charge in [-0.25, -0.2) is 0 Å². The van der Waals surface area contributed by atoms with Crippen LogP contribution in [0.25, 0.3) is 0 Å². The summed E-state index contributed by atoms with van der Waals surface area (Å²) in [6.45, 7) is 5.99. The average molecular weight is 301 g/mol. The normalized spacial score (nSPS) is 16.1. The van der Waals surface area contributed by atoms with E-state index < -0.39 is 4.92 Å². The zero-order valence-corrected chi connectivity index (χ0v) is 12.1. The summed E-state index contributed by atoms with van der Waals surface area (Å²) in [7, 11) is 0. The zero-order chi connectivity index (χ0) is 14.5. The van der Waals surface area contributed by atoms with Crippen molar-refractivity contribution in [2.24, 2.45) is 0 Å². The number of rotatable bonds is 5. The Hall–Kier alpha value is -1.37. The van der Waals surface area contributed by atoms with Crippen molar-refractivity contribution in [3.05, 3.63) is 32.8 Å². The number of benzene rings is 1. The molecule has 6 nitrogen and oxygen atoms in total. The first-order valence-electron chi connectivity index (χ1n) is 6.45. The third-order valence-corrected chi connectivity index (χ3v) is 3.61. The SMILES string of the molecule is Cc1cc([N+](=O)[O-])c(OCCN2CCOCC2)cc1Cl. The molecule has 1 aliphatic heterocycles. The lowest BCUT2D eigenvalue weighted by Crippen LogP contribution is -2.38. The van der Waals surface area contributed by atoms with Crippen LogP contribution in [0.4, 0.5) is 5.69 Å². The van der Waals surface area contributed by atoms with Gasteiger partial charge in [0.15, 0.2) is 5.75 Å². The lowest BCUT2D eigenvalue weighted by molar-refractivity contribution is -0.385. The van der Waals surface area contributed by atoms with Crippen LogP contribution < -0.4 is 4.74 Å².